The summed E-state index contributed by atoms with van der Waals surface area (Å²) in [5.74, 6) is -0.995. The molecule has 0 radical (unpaired) electrons. The Balaban J connectivity index is 1.45. The first-order valence-electron chi connectivity index (χ1n) is 12.5. The molecule has 3 aromatic heterocycles. The number of rotatable bonds is 7. The normalized spacial score (nSPS) is 15.7. The molecule has 0 amide bonds. The van der Waals surface area contributed by atoms with Crippen LogP contribution in [0.5, 0.6) is 5.75 Å². The molecule has 200 valence electrons. The first kappa shape index (κ1) is 25.9. The molecule has 0 bridgehead atoms. The van der Waals surface area contributed by atoms with Gasteiger partial charge in [0.25, 0.3) is 0 Å². The number of anilines is 1. The van der Waals surface area contributed by atoms with Gasteiger partial charge in [-0.15, -0.1) is 0 Å². The van der Waals surface area contributed by atoms with Gasteiger partial charge in [0.1, 0.15) is 23.1 Å². The van der Waals surface area contributed by atoms with Crippen molar-refractivity contribution in [2.75, 3.05) is 18.0 Å². The molecule has 0 saturated carbocycles. The van der Waals surface area contributed by atoms with E-state index in [-0.39, 0.29) is 17.8 Å². The average Bonchev–Trinajstić information content (AvgIpc) is 3.38. The summed E-state index contributed by atoms with van der Waals surface area (Å²) in [6.45, 7) is 5.69. The minimum absolute atomic E-state index is 0.0248. The van der Waals surface area contributed by atoms with Gasteiger partial charge in [-0.1, -0.05) is 6.92 Å². The maximum atomic E-state index is 14.1. The van der Waals surface area contributed by atoms with Crippen LogP contribution in [-0.4, -0.2) is 54.6 Å². The van der Waals surface area contributed by atoms with Gasteiger partial charge in [0.05, 0.1) is 23.5 Å². The fourth-order valence-corrected chi connectivity index (χ4v) is 4.47. The molecule has 8 nitrogen and oxygen atoms in total. The van der Waals surface area contributed by atoms with Crippen molar-refractivity contribution in [1.82, 2.24) is 24.7 Å². The zero-order valence-corrected chi connectivity index (χ0v) is 21.4. The van der Waals surface area contributed by atoms with E-state index in [0.717, 1.165) is 6.07 Å². The number of aliphatic hydroxyl groups is 1. The number of fused-ring (bicyclic) bond motifs is 1. The highest BCUT2D eigenvalue weighted by Gasteiger charge is 2.28. The molecule has 11 heteroatoms. The number of hydrogen-bond donors (Lipinski definition) is 1. The van der Waals surface area contributed by atoms with Crippen LogP contribution in [0.3, 0.4) is 0 Å². The smallest absolute Gasteiger partial charge is 0.181 e. The van der Waals surface area contributed by atoms with Gasteiger partial charge in [-0.2, -0.15) is 5.10 Å². The van der Waals surface area contributed by atoms with E-state index in [1.54, 1.807) is 32.4 Å². The second-order valence-electron chi connectivity index (χ2n) is 10.1. The molecular formula is C27H29F3N6O2. The third-order valence-corrected chi connectivity index (χ3v) is 7.01. The van der Waals surface area contributed by atoms with Crippen LogP contribution in [-0.2, 0) is 6.80 Å². The van der Waals surface area contributed by atoms with Gasteiger partial charge in [-0.25, -0.2) is 27.8 Å². The molecule has 1 aliphatic heterocycles. The van der Waals surface area contributed by atoms with Crippen LogP contribution >= 0.6 is 0 Å². The molecular weight excluding hydrogens is 497 g/mol. The molecule has 1 aromatic carbocycles. The Morgan fingerprint density at radius 1 is 1.11 bits per heavy atom. The predicted molar refractivity (Wildman–Crippen MR) is 137 cm³/mol. The fraction of sp³-hybridized carbons (Fsp3) is 0.407. The molecule has 4 heterocycles. The Morgan fingerprint density at radius 2 is 1.87 bits per heavy atom. The highest BCUT2D eigenvalue weighted by atomic mass is 19.1. The molecule has 1 unspecified atom stereocenters. The van der Waals surface area contributed by atoms with E-state index in [2.05, 4.69) is 15.0 Å². The van der Waals surface area contributed by atoms with Crippen LogP contribution in [0.25, 0.3) is 22.3 Å². The zero-order valence-electron chi connectivity index (χ0n) is 21.4. The molecule has 5 rings (SSSR count). The Hall–Kier alpha value is -3.73. The lowest BCUT2D eigenvalue weighted by molar-refractivity contribution is 0.0546. The number of pyridine rings is 1. The molecule has 1 fully saturated rings. The SMILES string of the molecule is CC(c1cc2nc(-c3cnn(CF)c3)c(N3CCC(Oc4ccc(F)cc4F)CC3)nc2cn1)C(C)(C)O. The van der Waals surface area contributed by atoms with Crippen molar-refractivity contribution in [2.45, 2.75) is 58.0 Å². The number of benzene rings is 1. The second kappa shape index (κ2) is 10.2. The number of nitrogens with zero attached hydrogens (tertiary/aromatic N) is 6. The van der Waals surface area contributed by atoms with Crippen LogP contribution in [0.1, 0.15) is 45.2 Å². The van der Waals surface area contributed by atoms with Gasteiger partial charge in [0.2, 0.25) is 0 Å². The topological polar surface area (TPSA) is 89.2 Å². The van der Waals surface area contributed by atoms with E-state index < -0.39 is 24.0 Å². The van der Waals surface area contributed by atoms with Crippen molar-refractivity contribution < 1.29 is 23.0 Å². The Kier molecular flexibility index (Phi) is 6.95. The minimum atomic E-state index is -0.970. The van der Waals surface area contributed by atoms with Crippen LogP contribution in [0.2, 0.25) is 0 Å². The molecule has 1 saturated heterocycles. The Bertz CT molecular complexity index is 1450. The van der Waals surface area contributed by atoms with Crippen molar-refractivity contribution in [3.63, 3.8) is 0 Å². The number of aromatic nitrogens is 5. The largest absolute Gasteiger partial charge is 0.487 e. The molecule has 38 heavy (non-hydrogen) atoms. The standard InChI is InChI=1S/C27H29F3N6O2/c1-16(27(2,3)37)21-11-22-23(13-31-21)34-26(25(33-22)17-12-32-36(14-17)15-28)35-8-6-19(7-9-35)38-24-5-4-18(29)10-20(24)30/h4-5,10-14,16,19,37H,6-9,15H2,1-3H3. The minimum Gasteiger partial charge on any atom is -0.487 e. The number of ether oxygens (including phenoxy) is 1. The van der Waals surface area contributed by atoms with Gasteiger partial charge in [-0.05, 0) is 32.0 Å². The van der Waals surface area contributed by atoms with E-state index in [0.29, 0.717) is 59.7 Å². The second-order valence-corrected chi connectivity index (χ2v) is 10.1. The van der Waals surface area contributed by atoms with Gasteiger partial charge >= 0.3 is 0 Å². The van der Waals surface area contributed by atoms with Crippen molar-refractivity contribution in [1.29, 1.82) is 0 Å². The quantitative estimate of drug-likeness (QED) is 0.362. The summed E-state index contributed by atoms with van der Waals surface area (Å²) in [4.78, 5) is 16.3. The first-order valence-corrected chi connectivity index (χ1v) is 12.5. The Labute approximate surface area is 218 Å². The van der Waals surface area contributed by atoms with E-state index in [1.807, 2.05) is 13.0 Å². The van der Waals surface area contributed by atoms with Gasteiger partial charge in [-0.3, -0.25) is 4.98 Å². The summed E-state index contributed by atoms with van der Waals surface area (Å²) in [5, 5.41) is 14.5. The monoisotopic (exact) mass is 526 g/mol. The van der Waals surface area contributed by atoms with E-state index >= 15 is 0 Å². The van der Waals surface area contributed by atoms with Gasteiger partial charge < -0.3 is 14.7 Å². The van der Waals surface area contributed by atoms with Crippen molar-refractivity contribution >= 4 is 16.9 Å². The molecule has 4 aromatic rings. The number of alkyl halides is 1. The maximum Gasteiger partial charge on any atom is 0.181 e. The zero-order chi connectivity index (χ0) is 27.0. The maximum absolute atomic E-state index is 14.1. The molecule has 1 N–H and O–H groups in total. The van der Waals surface area contributed by atoms with Crippen molar-refractivity contribution in [2.24, 2.45) is 0 Å². The van der Waals surface area contributed by atoms with Crippen molar-refractivity contribution in [3.8, 4) is 17.0 Å². The average molecular weight is 527 g/mol. The summed E-state index contributed by atoms with van der Waals surface area (Å²) in [7, 11) is 0. The summed E-state index contributed by atoms with van der Waals surface area (Å²) >= 11 is 0. The molecule has 1 aliphatic rings. The number of halogens is 3. The lowest BCUT2D eigenvalue weighted by Gasteiger charge is -2.33. The lowest BCUT2D eigenvalue weighted by atomic mass is 9.89. The summed E-state index contributed by atoms with van der Waals surface area (Å²) in [6.07, 6.45) is 5.69. The van der Waals surface area contributed by atoms with Crippen LogP contribution < -0.4 is 9.64 Å². The summed E-state index contributed by atoms with van der Waals surface area (Å²) in [6, 6.07) is 5.09. The van der Waals surface area contributed by atoms with Crippen LogP contribution in [0.15, 0.2) is 42.9 Å². The third-order valence-electron chi connectivity index (χ3n) is 7.01. The summed E-state index contributed by atoms with van der Waals surface area (Å²) in [5.41, 5.74) is 2.07. The fourth-order valence-electron chi connectivity index (χ4n) is 4.47. The van der Waals surface area contributed by atoms with Gasteiger partial charge in [0, 0.05) is 55.4 Å². The van der Waals surface area contributed by atoms with E-state index in [1.165, 1.54) is 16.8 Å². The first-order chi connectivity index (χ1) is 18.1. The summed E-state index contributed by atoms with van der Waals surface area (Å²) < 4.78 is 47.5. The van der Waals surface area contributed by atoms with Crippen LogP contribution in [0.4, 0.5) is 19.0 Å². The number of hydrogen-bond acceptors (Lipinski definition) is 7. The molecule has 1 atom stereocenters. The van der Waals surface area contributed by atoms with E-state index in [9.17, 15) is 18.3 Å². The van der Waals surface area contributed by atoms with Crippen molar-refractivity contribution in [3.05, 3.63) is 60.2 Å². The predicted octanol–water partition coefficient (Wildman–Crippen LogP) is 5.02. The lowest BCUT2D eigenvalue weighted by Crippen LogP contribution is -2.39. The van der Waals surface area contributed by atoms with Crippen LogP contribution in [0, 0.1) is 11.6 Å². The third kappa shape index (κ3) is 5.28. The number of piperidine rings is 1. The molecule has 0 spiro atoms. The highest BCUT2D eigenvalue weighted by molar-refractivity contribution is 5.83. The Morgan fingerprint density at radius 3 is 2.53 bits per heavy atom. The van der Waals surface area contributed by atoms with E-state index in [4.69, 9.17) is 14.7 Å². The van der Waals surface area contributed by atoms with Gasteiger partial charge in [0.15, 0.2) is 24.2 Å². The molecule has 0 aliphatic carbocycles. The highest BCUT2D eigenvalue weighted by Crippen LogP contribution is 2.34.